The SMILES string of the molecule is CC1=C(c2cccc(O)c2)C(c2ccc(OCC(C)N3CCC(C)C3)cc2)Oc2cc(C(F)(F)F)c(O)cc21. The number of phenols is 2. The number of nitrogens with zero attached hydrogens (tertiary/aromatic N) is 1. The molecule has 3 unspecified atom stereocenters. The molecule has 0 saturated carbocycles. The molecule has 0 aliphatic carbocycles. The molecular weight excluding hydrogens is 507 g/mol. The standard InChI is InChI=1S/C31H32F3NO4/c1-18-11-12-35(16-18)19(2)17-38-24-9-7-21(8-10-24)30-29(22-5-4-6-23(36)13-22)20(3)25-14-27(37)26(31(32,33)34)15-28(25)39-30/h4-10,13-15,18-19,30,36-37H,11-12,16-17H2,1-3H3. The molecule has 3 atom stereocenters. The summed E-state index contributed by atoms with van der Waals surface area (Å²) in [6.07, 6.45) is -4.28. The molecule has 1 saturated heterocycles. The highest BCUT2D eigenvalue weighted by Gasteiger charge is 2.37. The molecule has 0 amide bonds. The fraction of sp³-hybridized carbons (Fsp3) is 0.355. The normalized spacial score (nSPS) is 20.5. The first-order chi connectivity index (χ1) is 18.5. The van der Waals surface area contributed by atoms with E-state index in [1.165, 1.54) is 6.42 Å². The minimum Gasteiger partial charge on any atom is -0.508 e. The molecule has 8 heteroatoms. The predicted molar refractivity (Wildman–Crippen MR) is 144 cm³/mol. The summed E-state index contributed by atoms with van der Waals surface area (Å²) in [6, 6.07) is 16.2. The lowest BCUT2D eigenvalue weighted by Crippen LogP contribution is -2.35. The Morgan fingerprint density at radius 3 is 2.46 bits per heavy atom. The van der Waals surface area contributed by atoms with Gasteiger partial charge in [0.25, 0.3) is 0 Å². The molecule has 2 N–H and O–H groups in total. The van der Waals surface area contributed by atoms with Gasteiger partial charge in [0.1, 0.15) is 41.3 Å². The molecule has 5 rings (SSSR count). The number of hydrogen-bond acceptors (Lipinski definition) is 5. The molecule has 1 fully saturated rings. The number of aromatic hydroxyl groups is 2. The summed E-state index contributed by atoms with van der Waals surface area (Å²) in [7, 11) is 0. The number of rotatable bonds is 6. The average Bonchev–Trinajstić information content (AvgIpc) is 3.33. The fourth-order valence-corrected chi connectivity index (χ4v) is 5.42. The Balaban J connectivity index is 1.46. The van der Waals surface area contributed by atoms with Crippen LogP contribution in [0.15, 0.2) is 60.7 Å². The van der Waals surface area contributed by atoms with Crippen LogP contribution in [0.25, 0.3) is 11.1 Å². The number of likely N-dealkylation sites (tertiary alicyclic amines) is 1. The van der Waals surface area contributed by atoms with Gasteiger partial charge in [-0.3, -0.25) is 4.90 Å². The number of halogens is 3. The van der Waals surface area contributed by atoms with E-state index in [1.54, 1.807) is 25.1 Å². The second kappa shape index (κ2) is 10.5. The molecule has 3 aromatic rings. The van der Waals surface area contributed by atoms with Crippen molar-refractivity contribution in [2.24, 2.45) is 5.92 Å². The van der Waals surface area contributed by atoms with Gasteiger partial charge < -0.3 is 19.7 Å². The molecule has 2 aliphatic heterocycles. The first-order valence-electron chi connectivity index (χ1n) is 13.1. The number of fused-ring (bicyclic) bond motifs is 1. The maximum absolute atomic E-state index is 13.5. The van der Waals surface area contributed by atoms with Crippen molar-refractivity contribution in [1.82, 2.24) is 4.90 Å². The Morgan fingerprint density at radius 2 is 1.82 bits per heavy atom. The Kier molecular flexibility index (Phi) is 7.25. The highest BCUT2D eigenvalue weighted by Crippen LogP contribution is 2.50. The van der Waals surface area contributed by atoms with Crippen LogP contribution in [0.2, 0.25) is 0 Å². The molecule has 2 aliphatic rings. The number of alkyl halides is 3. The molecule has 3 aromatic carbocycles. The molecule has 0 spiro atoms. The van der Waals surface area contributed by atoms with E-state index in [4.69, 9.17) is 9.47 Å². The van der Waals surface area contributed by atoms with Crippen molar-refractivity contribution in [2.45, 2.75) is 45.5 Å². The minimum atomic E-state index is -4.73. The second-order valence-corrected chi connectivity index (χ2v) is 10.6. The highest BCUT2D eigenvalue weighted by atomic mass is 19.4. The van der Waals surface area contributed by atoms with Crippen molar-refractivity contribution >= 4 is 11.1 Å². The van der Waals surface area contributed by atoms with E-state index in [-0.39, 0.29) is 17.5 Å². The van der Waals surface area contributed by atoms with Crippen LogP contribution in [0.3, 0.4) is 0 Å². The van der Waals surface area contributed by atoms with Crippen molar-refractivity contribution in [3.8, 4) is 23.0 Å². The summed E-state index contributed by atoms with van der Waals surface area (Å²) in [6.45, 7) is 8.88. The fourth-order valence-electron chi connectivity index (χ4n) is 5.42. The largest absolute Gasteiger partial charge is 0.508 e. The van der Waals surface area contributed by atoms with Crippen LogP contribution in [0.1, 0.15) is 55.5 Å². The predicted octanol–water partition coefficient (Wildman–Crippen LogP) is 7.29. The lowest BCUT2D eigenvalue weighted by Gasteiger charge is -2.32. The van der Waals surface area contributed by atoms with E-state index < -0.39 is 23.6 Å². The molecule has 39 heavy (non-hydrogen) atoms. The first-order valence-corrected chi connectivity index (χ1v) is 13.1. The lowest BCUT2D eigenvalue weighted by molar-refractivity contribution is -0.138. The van der Waals surface area contributed by atoms with E-state index in [1.807, 2.05) is 30.3 Å². The molecule has 2 heterocycles. The van der Waals surface area contributed by atoms with Crippen molar-refractivity contribution in [1.29, 1.82) is 0 Å². The van der Waals surface area contributed by atoms with Gasteiger partial charge in [-0.15, -0.1) is 0 Å². The van der Waals surface area contributed by atoms with Crippen molar-refractivity contribution in [3.63, 3.8) is 0 Å². The lowest BCUT2D eigenvalue weighted by atomic mass is 9.85. The second-order valence-electron chi connectivity index (χ2n) is 10.6. The summed E-state index contributed by atoms with van der Waals surface area (Å²) in [5.74, 6) is 0.606. The van der Waals surface area contributed by atoms with Crippen LogP contribution in [-0.4, -0.2) is 40.9 Å². The average molecular weight is 540 g/mol. The molecule has 206 valence electrons. The van der Waals surface area contributed by atoms with Gasteiger partial charge in [-0.2, -0.15) is 13.2 Å². The van der Waals surface area contributed by atoms with E-state index in [0.717, 1.165) is 25.2 Å². The summed E-state index contributed by atoms with van der Waals surface area (Å²) >= 11 is 0. The number of hydrogen-bond donors (Lipinski definition) is 2. The van der Waals surface area contributed by atoms with Crippen LogP contribution in [-0.2, 0) is 6.18 Å². The van der Waals surface area contributed by atoms with Gasteiger partial charge in [-0.25, -0.2) is 0 Å². The van der Waals surface area contributed by atoms with Crippen molar-refractivity contribution in [2.75, 3.05) is 19.7 Å². The maximum Gasteiger partial charge on any atom is 0.420 e. The summed E-state index contributed by atoms with van der Waals surface area (Å²) in [5.41, 5.74) is 1.91. The van der Waals surface area contributed by atoms with E-state index >= 15 is 0 Å². The quantitative estimate of drug-likeness (QED) is 0.345. The highest BCUT2D eigenvalue weighted by molar-refractivity contribution is 5.96. The summed E-state index contributed by atoms with van der Waals surface area (Å²) in [5, 5.41) is 20.3. The zero-order chi connectivity index (χ0) is 27.9. The zero-order valence-electron chi connectivity index (χ0n) is 22.1. The van der Waals surface area contributed by atoms with Crippen LogP contribution < -0.4 is 9.47 Å². The zero-order valence-corrected chi connectivity index (χ0v) is 22.1. The number of ether oxygens (including phenoxy) is 2. The number of phenolic OH excluding ortho intramolecular Hbond substituents is 2. The Morgan fingerprint density at radius 1 is 1.08 bits per heavy atom. The Labute approximate surface area is 226 Å². The van der Waals surface area contributed by atoms with Gasteiger partial charge in [-0.05, 0) is 85.8 Å². The number of benzene rings is 3. The van der Waals surface area contributed by atoms with Crippen LogP contribution >= 0.6 is 0 Å². The molecule has 0 aromatic heterocycles. The van der Waals surface area contributed by atoms with Crippen molar-refractivity contribution < 1.29 is 32.9 Å². The molecular formula is C31H32F3NO4. The Hall–Kier alpha value is -3.65. The molecule has 0 bridgehead atoms. The summed E-state index contributed by atoms with van der Waals surface area (Å²) < 4.78 is 52.9. The molecule has 0 radical (unpaired) electrons. The van der Waals surface area contributed by atoms with E-state index in [9.17, 15) is 23.4 Å². The van der Waals surface area contributed by atoms with Gasteiger partial charge in [0.05, 0.1) is 0 Å². The van der Waals surface area contributed by atoms with E-state index in [2.05, 4.69) is 18.7 Å². The smallest absolute Gasteiger partial charge is 0.420 e. The first kappa shape index (κ1) is 26.9. The van der Waals surface area contributed by atoms with Gasteiger partial charge in [0.15, 0.2) is 0 Å². The number of allylic oxidation sites excluding steroid dienone is 1. The topological polar surface area (TPSA) is 62.2 Å². The van der Waals surface area contributed by atoms with E-state index in [0.29, 0.717) is 46.1 Å². The monoisotopic (exact) mass is 539 g/mol. The van der Waals surface area contributed by atoms with Crippen LogP contribution in [0.4, 0.5) is 13.2 Å². The van der Waals surface area contributed by atoms with Crippen molar-refractivity contribution in [3.05, 3.63) is 82.9 Å². The third-order valence-electron chi connectivity index (χ3n) is 7.63. The van der Waals surface area contributed by atoms with Gasteiger partial charge in [0, 0.05) is 23.7 Å². The molecule has 5 nitrogen and oxygen atoms in total. The third kappa shape index (κ3) is 5.57. The Bertz CT molecular complexity index is 1380. The van der Waals surface area contributed by atoms with Gasteiger partial charge in [0.2, 0.25) is 0 Å². The summed E-state index contributed by atoms with van der Waals surface area (Å²) in [4.78, 5) is 2.43. The third-order valence-corrected chi connectivity index (χ3v) is 7.63. The van der Waals surface area contributed by atoms with Crippen LogP contribution in [0, 0.1) is 5.92 Å². The van der Waals surface area contributed by atoms with Gasteiger partial charge in [-0.1, -0.05) is 31.2 Å². The minimum absolute atomic E-state index is 0.0283. The maximum atomic E-state index is 13.5. The van der Waals surface area contributed by atoms with Gasteiger partial charge >= 0.3 is 6.18 Å². The van der Waals surface area contributed by atoms with Crippen LogP contribution in [0.5, 0.6) is 23.0 Å².